The number of hydrogen-bond acceptors (Lipinski definition) is 1. The summed E-state index contributed by atoms with van der Waals surface area (Å²) < 4.78 is 2.43. The predicted molar refractivity (Wildman–Crippen MR) is 264 cm³/mol. The highest BCUT2D eigenvalue weighted by atomic mass is 15.1. The quantitative estimate of drug-likeness (QED) is 0.146. The van der Waals surface area contributed by atoms with Crippen molar-refractivity contribution >= 4 is 71.2 Å². The summed E-state index contributed by atoms with van der Waals surface area (Å²) in [5, 5.41) is 10.0. The highest BCUT2D eigenvalue weighted by molar-refractivity contribution is 6.10. The van der Waals surface area contributed by atoms with Crippen LogP contribution in [-0.2, 0) is 0 Å². The standard InChI is InChI=1S/C60H40N2/c1-2-15-45-39-46(27-25-41(45)13-1)42-29-33-48(34-30-42)61(50-37-38-53-47(40-50)28-26-43-14-3-4-16-51(43)53)49-35-31-44(32-36-49)52-17-5-6-18-54(52)55-19-7-10-22-58(55)62-59-23-11-8-20-56(59)57-21-9-12-24-60(57)62/h1-40H. The molecule has 0 fully saturated rings. The molecule has 0 unspecified atom stereocenters. The zero-order valence-electron chi connectivity index (χ0n) is 34.0. The van der Waals surface area contributed by atoms with Gasteiger partial charge in [-0.3, -0.25) is 0 Å². The van der Waals surface area contributed by atoms with Crippen molar-refractivity contribution < 1.29 is 0 Å². The third-order valence-electron chi connectivity index (χ3n) is 12.6. The fourth-order valence-corrected chi connectivity index (χ4v) is 9.60. The van der Waals surface area contributed by atoms with Crippen LogP contribution in [0.4, 0.5) is 17.1 Å². The van der Waals surface area contributed by atoms with Crippen molar-refractivity contribution in [3.63, 3.8) is 0 Å². The van der Waals surface area contributed by atoms with Gasteiger partial charge in [-0.05, 0) is 121 Å². The van der Waals surface area contributed by atoms with Crippen molar-refractivity contribution in [2.24, 2.45) is 0 Å². The van der Waals surface area contributed by atoms with Crippen LogP contribution in [0.15, 0.2) is 243 Å². The molecule has 0 spiro atoms. The van der Waals surface area contributed by atoms with Gasteiger partial charge in [-0.25, -0.2) is 0 Å². The smallest absolute Gasteiger partial charge is 0.0541 e. The topological polar surface area (TPSA) is 8.17 Å². The number of rotatable bonds is 7. The molecule has 2 heteroatoms. The summed E-state index contributed by atoms with van der Waals surface area (Å²) in [5.41, 5.74) is 14.0. The molecule has 0 saturated heterocycles. The summed E-state index contributed by atoms with van der Waals surface area (Å²) in [6, 6.07) is 88.5. The van der Waals surface area contributed by atoms with E-state index in [-0.39, 0.29) is 0 Å². The van der Waals surface area contributed by atoms with Crippen LogP contribution in [0.25, 0.3) is 93.2 Å². The van der Waals surface area contributed by atoms with Crippen LogP contribution in [0, 0.1) is 0 Å². The average Bonchev–Trinajstić information content (AvgIpc) is 3.68. The molecule has 0 bridgehead atoms. The van der Waals surface area contributed by atoms with Gasteiger partial charge >= 0.3 is 0 Å². The van der Waals surface area contributed by atoms with Gasteiger partial charge in [0, 0.05) is 33.4 Å². The molecule has 0 radical (unpaired) electrons. The third-order valence-corrected chi connectivity index (χ3v) is 12.6. The fourth-order valence-electron chi connectivity index (χ4n) is 9.60. The molecule has 0 aliphatic rings. The van der Waals surface area contributed by atoms with Crippen LogP contribution in [0.2, 0.25) is 0 Å². The lowest BCUT2D eigenvalue weighted by molar-refractivity contribution is 1.18. The molecule has 0 saturated carbocycles. The van der Waals surface area contributed by atoms with E-state index in [1.165, 1.54) is 81.9 Å². The van der Waals surface area contributed by atoms with Crippen molar-refractivity contribution in [1.29, 1.82) is 0 Å². The lowest BCUT2D eigenvalue weighted by Gasteiger charge is -2.26. The third kappa shape index (κ3) is 6.04. The van der Waals surface area contributed by atoms with Gasteiger partial charge in [0.05, 0.1) is 16.7 Å². The highest BCUT2D eigenvalue weighted by Gasteiger charge is 2.19. The van der Waals surface area contributed by atoms with E-state index in [0.717, 1.165) is 28.3 Å². The van der Waals surface area contributed by atoms with E-state index >= 15 is 0 Å². The van der Waals surface area contributed by atoms with E-state index in [1.54, 1.807) is 0 Å². The Balaban J connectivity index is 0.963. The molecule has 0 atom stereocenters. The molecule has 0 N–H and O–H groups in total. The zero-order valence-corrected chi connectivity index (χ0v) is 34.0. The first-order chi connectivity index (χ1) is 30.7. The molecule has 12 rings (SSSR count). The first kappa shape index (κ1) is 35.7. The fraction of sp³-hybridized carbons (Fsp3) is 0. The Labute approximate surface area is 360 Å². The van der Waals surface area contributed by atoms with Crippen LogP contribution < -0.4 is 4.90 Å². The number of hydrogen-bond donors (Lipinski definition) is 0. The maximum absolute atomic E-state index is 2.43. The predicted octanol–water partition coefficient (Wildman–Crippen LogP) is 16.7. The molecule has 0 amide bonds. The Bertz CT molecular complexity index is 3580. The van der Waals surface area contributed by atoms with Gasteiger partial charge in [-0.2, -0.15) is 0 Å². The molecule has 2 nitrogen and oxygen atoms in total. The summed E-state index contributed by atoms with van der Waals surface area (Å²) >= 11 is 0. The summed E-state index contributed by atoms with van der Waals surface area (Å²) in [6.07, 6.45) is 0. The van der Waals surface area contributed by atoms with E-state index in [1.807, 2.05) is 0 Å². The Morgan fingerprint density at radius 1 is 0.258 bits per heavy atom. The average molecular weight is 789 g/mol. The molecular formula is C60H40N2. The van der Waals surface area contributed by atoms with Crippen LogP contribution in [0.5, 0.6) is 0 Å². The molecule has 1 heterocycles. The molecule has 12 aromatic rings. The highest BCUT2D eigenvalue weighted by Crippen LogP contribution is 2.42. The molecule has 290 valence electrons. The normalized spacial score (nSPS) is 11.5. The van der Waals surface area contributed by atoms with Gasteiger partial charge in [-0.1, -0.05) is 182 Å². The number of anilines is 3. The van der Waals surface area contributed by atoms with Crippen molar-refractivity contribution in [3.8, 4) is 39.1 Å². The molecule has 62 heavy (non-hydrogen) atoms. The second-order valence-corrected chi connectivity index (χ2v) is 16.1. The van der Waals surface area contributed by atoms with Gasteiger partial charge < -0.3 is 9.47 Å². The minimum atomic E-state index is 1.09. The molecule has 1 aromatic heterocycles. The first-order valence-electron chi connectivity index (χ1n) is 21.3. The minimum absolute atomic E-state index is 1.09. The van der Waals surface area contributed by atoms with Gasteiger partial charge in [-0.15, -0.1) is 0 Å². The number of nitrogens with zero attached hydrogens (tertiary/aromatic N) is 2. The summed E-state index contributed by atoms with van der Waals surface area (Å²) in [7, 11) is 0. The summed E-state index contributed by atoms with van der Waals surface area (Å²) in [4.78, 5) is 2.38. The number of fused-ring (bicyclic) bond motifs is 7. The summed E-state index contributed by atoms with van der Waals surface area (Å²) in [6.45, 7) is 0. The van der Waals surface area contributed by atoms with Gasteiger partial charge in [0.25, 0.3) is 0 Å². The second kappa shape index (κ2) is 14.8. The van der Waals surface area contributed by atoms with E-state index < -0.39 is 0 Å². The number of aromatic nitrogens is 1. The van der Waals surface area contributed by atoms with Gasteiger partial charge in [0.15, 0.2) is 0 Å². The van der Waals surface area contributed by atoms with Crippen molar-refractivity contribution in [1.82, 2.24) is 4.57 Å². The van der Waals surface area contributed by atoms with E-state index in [0.29, 0.717) is 0 Å². The van der Waals surface area contributed by atoms with Crippen LogP contribution in [0.1, 0.15) is 0 Å². The minimum Gasteiger partial charge on any atom is -0.310 e. The molecule has 11 aromatic carbocycles. The van der Waals surface area contributed by atoms with Crippen LogP contribution >= 0.6 is 0 Å². The van der Waals surface area contributed by atoms with E-state index in [4.69, 9.17) is 0 Å². The Morgan fingerprint density at radius 2 is 0.742 bits per heavy atom. The maximum Gasteiger partial charge on any atom is 0.0541 e. The molecular weight excluding hydrogens is 749 g/mol. The Hall–Kier alpha value is -8.20. The zero-order chi connectivity index (χ0) is 41.0. The lowest BCUT2D eigenvalue weighted by atomic mass is 9.93. The number of para-hydroxylation sites is 3. The van der Waals surface area contributed by atoms with Gasteiger partial charge in [0.2, 0.25) is 0 Å². The largest absolute Gasteiger partial charge is 0.310 e. The van der Waals surface area contributed by atoms with Crippen LogP contribution in [0.3, 0.4) is 0 Å². The number of benzene rings is 11. The first-order valence-corrected chi connectivity index (χ1v) is 21.3. The van der Waals surface area contributed by atoms with E-state index in [2.05, 4.69) is 252 Å². The summed E-state index contributed by atoms with van der Waals surface area (Å²) in [5.74, 6) is 0. The Kier molecular flexibility index (Phi) is 8.53. The van der Waals surface area contributed by atoms with E-state index in [9.17, 15) is 0 Å². The Morgan fingerprint density at radius 3 is 1.47 bits per heavy atom. The van der Waals surface area contributed by atoms with Crippen molar-refractivity contribution in [2.75, 3.05) is 4.90 Å². The van der Waals surface area contributed by atoms with Crippen LogP contribution in [-0.4, -0.2) is 4.57 Å². The lowest BCUT2D eigenvalue weighted by Crippen LogP contribution is -2.10. The SMILES string of the molecule is c1ccc(-c2ccccc2-n2c3ccccc3c3ccccc32)c(-c2ccc(N(c3ccc(-c4ccc5ccccc5c4)cc3)c3ccc4c(ccc5ccccc54)c3)cc2)c1. The van der Waals surface area contributed by atoms with Crippen molar-refractivity contribution in [3.05, 3.63) is 243 Å². The maximum atomic E-state index is 2.43. The second-order valence-electron chi connectivity index (χ2n) is 16.1. The molecule has 0 aliphatic heterocycles. The monoisotopic (exact) mass is 788 g/mol. The molecule has 0 aliphatic carbocycles. The van der Waals surface area contributed by atoms with Crippen molar-refractivity contribution in [2.45, 2.75) is 0 Å². The van der Waals surface area contributed by atoms with Gasteiger partial charge in [0.1, 0.15) is 0 Å².